The number of hydrogen-bond acceptors (Lipinski definition) is 8. The van der Waals surface area contributed by atoms with E-state index >= 15 is 0 Å². The molecule has 172 valence electrons. The van der Waals surface area contributed by atoms with Gasteiger partial charge >= 0.3 is 0 Å². The minimum Gasteiger partial charge on any atom is -0.473 e. The Morgan fingerprint density at radius 2 is 1.97 bits per heavy atom. The first kappa shape index (κ1) is 21.6. The van der Waals surface area contributed by atoms with E-state index in [1.165, 1.54) is 11.3 Å². The highest BCUT2D eigenvalue weighted by Gasteiger charge is 2.26. The summed E-state index contributed by atoms with van der Waals surface area (Å²) in [6.07, 6.45) is 1.84. The zero-order chi connectivity index (χ0) is 23.3. The third-order valence-corrected chi connectivity index (χ3v) is 6.83. The summed E-state index contributed by atoms with van der Waals surface area (Å²) in [7, 11) is 1.60. The standard InChI is InChI=1S/C23H27N7O2S/c1-12-8-18(28-30-11-15(4)25-21(12)30)26-22(31)16-6-7-17(20-19(16)27-23(32-5)33-20)29-9-13(2)24-14(3)10-29/h6-8,11,13-14,24H,9-10H2,1-5H3,(H,26,28,31)/t13-,14?/m0/s1. The number of aromatic nitrogens is 4. The van der Waals surface area contributed by atoms with Gasteiger partial charge in [0, 0.05) is 25.2 Å². The summed E-state index contributed by atoms with van der Waals surface area (Å²) in [5.74, 6) is 0.205. The molecule has 1 amide bonds. The third kappa shape index (κ3) is 4.00. The first-order chi connectivity index (χ1) is 15.8. The fraction of sp³-hybridized carbons (Fsp3) is 0.391. The van der Waals surface area contributed by atoms with Crippen LogP contribution in [-0.4, -0.2) is 57.8 Å². The van der Waals surface area contributed by atoms with Crippen LogP contribution in [0.5, 0.6) is 5.19 Å². The lowest BCUT2D eigenvalue weighted by Crippen LogP contribution is -2.54. The summed E-state index contributed by atoms with van der Waals surface area (Å²) < 4.78 is 8.07. The van der Waals surface area contributed by atoms with Crippen molar-refractivity contribution >= 4 is 44.6 Å². The van der Waals surface area contributed by atoms with Crippen LogP contribution in [0, 0.1) is 13.8 Å². The summed E-state index contributed by atoms with van der Waals surface area (Å²) in [5.41, 5.74) is 4.80. The number of nitrogens with zero attached hydrogens (tertiary/aromatic N) is 5. The molecule has 4 aromatic rings. The Morgan fingerprint density at radius 3 is 2.70 bits per heavy atom. The Balaban J connectivity index is 1.52. The highest BCUT2D eigenvalue weighted by atomic mass is 32.1. The van der Waals surface area contributed by atoms with Crippen molar-refractivity contribution in [2.45, 2.75) is 39.8 Å². The Morgan fingerprint density at radius 1 is 1.21 bits per heavy atom. The number of aryl methyl sites for hydroxylation is 2. The van der Waals surface area contributed by atoms with Gasteiger partial charge in [-0.15, -0.1) is 5.10 Å². The normalized spacial score (nSPS) is 18.8. The van der Waals surface area contributed by atoms with E-state index in [1.807, 2.05) is 38.2 Å². The number of amides is 1. The first-order valence-electron chi connectivity index (χ1n) is 11.0. The van der Waals surface area contributed by atoms with Crippen LogP contribution in [0.25, 0.3) is 15.9 Å². The van der Waals surface area contributed by atoms with Gasteiger partial charge in [0.15, 0.2) is 11.5 Å². The van der Waals surface area contributed by atoms with E-state index < -0.39 is 0 Å². The molecule has 0 saturated carbocycles. The maximum absolute atomic E-state index is 13.3. The molecule has 2 atom stereocenters. The number of fused-ring (bicyclic) bond motifs is 2. The summed E-state index contributed by atoms with van der Waals surface area (Å²) in [6.45, 7) is 10.0. The van der Waals surface area contributed by atoms with Gasteiger partial charge in [0.25, 0.3) is 11.1 Å². The molecule has 10 heteroatoms. The van der Waals surface area contributed by atoms with E-state index in [0.29, 0.717) is 34.2 Å². The average Bonchev–Trinajstić information content (AvgIpc) is 3.35. The second-order valence-corrected chi connectivity index (χ2v) is 9.65. The van der Waals surface area contributed by atoms with E-state index in [0.717, 1.165) is 40.4 Å². The van der Waals surface area contributed by atoms with Crippen molar-refractivity contribution in [3.05, 3.63) is 41.2 Å². The maximum Gasteiger partial charge on any atom is 0.274 e. The number of piperazine rings is 1. The van der Waals surface area contributed by atoms with Gasteiger partial charge in [0.2, 0.25) is 0 Å². The van der Waals surface area contributed by atoms with E-state index in [1.54, 1.807) is 11.6 Å². The van der Waals surface area contributed by atoms with Gasteiger partial charge in [-0.05, 0) is 51.5 Å². The monoisotopic (exact) mass is 465 g/mol. The molecule has 5 rings (SSSR count). The average molecular weight is 466 g/mol. The molecule has 4 heterocycles. The number of nitrogens with one attached hydrogen (secondary N) is 2. The van der Waals surface area contributed by atoms with E-state index in [9.17, 15) is 4.79 Å². The summed E-state index contributed by atoms with van der Waals surface area (Å²) in [5, 5.41) is 11.5. The Kier molecular flexibility index (Phi) is 5.41. The Labute approximate surface area is 195 Å². The summed E-state index contributed by atoms with van der Waals surface area (Å²) >= 11 is 1.46. The van der Waals surface area contributed by atoms with Crippen molar-refractivity contribution in [2.24, 2.45) is 0 Å². The van der Waals surface area contributed by atoms with Crippen molar-refractivity contribution in [1.29, 1.82) is 0 Å². The molecular weight excluding hydrogens is 438 g/mol. The minimum absolute atomic E-state index is 0.260. The molecule has 3 aromatic heterocycles. The van der Waals surface area contributed by atoms with Gasteiger partial charge in [0.1, 0.15) is 5.52 Å². The number of ether oxygens (including phenoxy) is 1. The predicted molar refractivity (Wildman–Crippen MR) is 131 cm³/mol. The molecule has 1 aliphatic rings. The van der Waals surface area contributed by atoms with Crippen molar-refractivity contribution in [2.75, 3.05) is 30.4 Å². The fourth-order valence-corrected chi connectivity index (χ4v) is 5.46. The second kappa shape index (κ2) is 8.27. The van der Waals surface area contributed by atoms with Crippen LogP contribution in [0.3, 0.4) is 0 Å². The highest BCUT2D eigenvalue weighted by Crippen LogP contribution is 2.38. The lowest BCUT2D eigenvalue weighted by atomic mass is 10.1. The van der Waals surface area contributed by atoms with Gasteiger partial charge in [-0.1, -0.05) is 11.3 Å². The molecule has 0 spiro atoms. The number of carbonyl (C=O) groups excluding carboxylic acids is 1. The number of imidazole rings is 1. The number of hydrogen-bond donors (Lipinski definition) is 2. The topological polar surface area (TPSA) is 96.7 Å². The fourth-order valence-electron chi connectivity index (χ4n) is 4.51. The van der Waals surface area contributed by atoms with E-state index in [2.05, 4.69) is 44.4 Å². The van der Waals surface area contributed by atoms with Crippen LogP contribution < -0.4 is 20.3 Å². The molecule has 1 fully saturated rings. The number of benzene rings is 1. The van der Waals surface area contributed by atoms with Gasteiger partial charge in [-0.3, -0.25) is 4.79 Å². The van der Waals surface area contributed by atoms with Gasteiger partial charge in [-0.2, -0.15) is 0 Å². The highest BCUT2D eigenvalue weighted by molar-refractivity contribution is 7.21. The molecule has 0 bridgehead atoms. The number of rotatable bonds is 4. The molecule has 1 saturated heterocycles. The minimum atomic E-state index is -0.260. The van der Waals surface area contributed by atoms with Crippen LogP contribution in [0.15, 0.2) is 24.4 Å². The number of thiazole rings is 1. The van der Waals surface area contributed by atoms with Crippen LogP contribution in [0.4, 0.5) is 11.5 Å². The van der Waals surface area contributed by atoms with Crippen molar-refractivity contribution < 1.29 is 9.53 Å². The summed E-state index contributed by atoms with van der Waals surface area (Å²) in [6, 6.07) is 6.43. The molecule has 0 radical (unpaired) electrons. The molecule has 1 aromatic carbocycles. The Hall–Kier alpha value is -3.24. The van der Waals surface area contributed by atoms with Crippen LogP contribution in [-0.2, 0) is 0 Å². The lowest BCUT2D eigenvalue weighted by Gasteiger charge is -2.37. The second-order valence-electron chi connectivity index (χ2n) is 8.68. The van der Waals surface area contributed by atoms with Crippen LogP contribution in [0.2, 0.25) is 0 Å². The number of methoxy groups -OCH3 is 1. The van der Waals surface area contributed by atoms with E-state index in [-0.39, 0.29) is 5.91 Å². The van der Waals surface area contributed by atoms with Crippen LogP contribution in [0.1, 0.15) is 35.5 Å². The maximum atomic E-state index is 13.3. The third-order valence-electron chi connectivity index (χ3n) is 5.79. The molecule has 2 N–H and O–H groups in total. The van der Waals surface area contributed by atoms with Gasteiger partial charge in [0.05, 0.1) is 35.0 Å². The van der Waals surface area contributed by atoms with Gasteiger partial charge in [-0.25, -0.2) is 14.5 Å². The van der Waals surface area contributed by atoms with Gasteiger partial charge < -0.3 is 20.3 Å². The lowest BCUT2D eigenvalue weighted by molar-refractivity contribution is 0.102. The number of carbonyl (C=O) groups is 1. The quantitative estimate of drug-likeness (QED) is 0.477. The zero-order valence-corrected chi connectivity index (χ0v) is 20.2. The molecule has 33 heavy (non-hydrogen) atoms. The zero-order valence-electron chi connectivity index (χ0n) is 19.3. The smallest absolute Gasteiger partial charge is 0.274 e. The largest absolute Gasteiger partial charge is 0.473 e. The van der Waals surface area contributed by atoms with Crippen LogP contribution >= 0.6 is 11.3 Å². The van der Waals surface area contributed by atoms with Crippen molar-refractivity contribution in [1.82, 2.24) is 24.9 Å². The number of anilines is 2. The van der Waals surface area contributed by atoms with E-state index in [4.69, 9.17) is 4.74 Å². The van der Waals surface area contributed by atoms with Crippen molar-refractivity contribution in [3.8, 4) is 5.19 Å². The molecular formula is C23H27N7O2S. The predicted octanol–water partition coefficient (Wildman–Crippen LogP) is 3.40. The summed E-state index contributed by atoms with van der Waals surface area (Å²) in [4.78, 5) is 24.7. The Bertz CT molecular complexity index is 1350. The molecule has 1 aliphatic heterocycles. The molecule has 9 nitrogen and oxygen atoms in total. The first-order valence-corrected chi connectivity index (χ1v) is 11.8. The molecule has 0 aliphatic carbocycles. The van der Waals surface area contributed by atoms with Crippen molar-refractivity contribution in [3.63, 3.8) is 0 Å². The SMILES string of the molecule is COc1nc2c(C(=O)Nc3cc(C)c4nc(C)cn4n3)ccc(N3CC(C)N[C@@H](C)C3)c2s1. The molecule has 1 unspecified atom stereocenters.